The molecule has 33 heavy (non-hydrogen) atoms. The first-order chi connectivity index (χ1) is 15.8. The van der Waals surface area contributed by atoms with Gasteiger partial charge in [0.25, 0.3) is 0 Å². The van der Waals surface area contributed by atoms with Crippen LogP contribution < -0.4 is 10.2 Å². The zero-order valence-electron chi connectivity index (χ0n) is 19.0. The van der Waals surface area contributed by atoms with Crippen molar-refractivity contribution >= 4 is 33.4 Å². The number of hydrogen-bond donors (Lipinski definition) is 1. The molecular formula is C23H32N4O5S. The summed E-state index contributed by atoms with van der Waals surface area (Å²) in [7, 11) is -3.68. The van der Waals surface area contributed by atoms with Crippen molar-refractivity contribution in [2.75, 3.05) is 37.6 Å². The summed E-state index contributed by atoms with van der Waals surface area (Å²) in [5, 5.41) is 2.82. The van der Waals surface area contributed by atoms with Crippen LogP contribution in [0.5, 0.6) is 0 Å². The summed E-state index contributed by atoms with van der Waals surface area (Å²) in [6, 6.07) is 5.87. The number of benzene rings is 1. The highest BCUT2D eigenvalue weighted by Gasteiger charge is 2.34. The molecule has 1 aromatic rings. The van der Waals surface area contributed by atoms with Crippen LogP contribution in [-0.4, -0.2) is 74.1 Å². The molecule has 180 valence electrons. The molecule has 0 aromatic heterocycles. The van der Waals surface area contributed by atoms with E-state index in [1.54, 1.807) is 41.0 Å². The molecule has 10 heteroatoms. The average Bonchev–Trinajstić information content (AvgIpc) is 3.50. The number of carbonyl (C=O) groups is 3. The predicted molar refractivity (Wildman–Crippen MR) is 123 cm³/mol. The topological polar surface area (TPSA) is 107 Å². The van der Waals surface area contributed by atoms with Gasteiger partial charge >= 0.3 is 0 Å². The van der Waals surface area contributed by atoms with E-state index in [4.69, 9.17) is 0 Å². The third-order valence-corrected chi connectivity index (χ3v) is 8.74. The molecule has 3 amide bonds. The number of nitrogens with zero attached hydrogens (tertiary/aromatic N) is 3. The summed E-state index contributed by atoms with van der Waals surface area (Å²) in [5.41, 5.74) is 0.712. The third-order valence-electron chi connectivity index (χ3n) is 6.83. The van der Waals surface area contributed by atoms with Gasteiger partial charge in [-0.1, -0.05) is 0 Å². The zero-order chi connectivity index (χ0) is 23.6. The molecule has 1 atom stereocenters. The van der Waals surface area contributed by atoms with E-state index in [9.17, 15) is 22.8 Å². The number of rotatable bonds is 6. The number of sulfonamides is 1. The maximum atomic E-state index is 13.1. The smallest absolute Gasteiger partial charge is 0.244 e. The summed E-state index contributed by atoms with van der Waals surface area (Å²) in [6.07, 6.45) is 4.16. The van der Waals surface area contributed by atoms with Gasteiger partial charge in [0.15, 0.2) is 0 Å². The molecule has 0 saturated carbocycles. The van der Waals surface area contributed by atoms with E-state index in [-0.39, 0.29) is 41.6 Å². The Hall–Kier alpha value is -2.46. The van der Waals surface area contributed by atoms with E-state index < -0.39 is 16.1 Å². The molecular weight excluding hydrogens is 444 g/mol. The first-order valence-electron chi connectivity index (χ1n) is 11.8. The van der Waals surface area contributed by atoms with Gasteiger partial charge in [0.2, 0.25) is 27.7 Å². The molecule has 3 aliphatic heterocycles. The monoisotopic (exact) mass is 476 g/mol. The number of hydrogen-bond acceptors (Lipinski definition) is 5. The Labute approximate surface area is 195 Å². The minimum Gasteiger partial charge on any atom is -0.344 e. The van der Waals surface area contributed by atoms with Crippen LogP contribution in [0, 0.1) is 5.92 Å². The van der Waals surface area contributed by atoms with Crippen molar-refractivity contribution in [1.82, 2.24) is 14.5 Å². The lowest BCUT2D eigenvalue weighted by Gasteiger charge is -2.31. The minimum absolute atomic E-state index is 0.0556. The summed E-state index contributed by atoms with van der Waals surface area (Å²) in [4.78, 5) is 40.6. The van der Waals surface area contributed by atoms with E-state index in [1.807, 2.05) is 0 Å². The second-order valence-electron chi connectivity index (χ2n) is 9.08. The molecule has 1 aromatic carbocycles. The van der Waals surface area contributed by atoms with Crippen molar-refractivity contribution < 1.29 is 22.8 Å². The maximum Gasteiger partial charge on any atom is 0.244 e. The summed E-state index contributed by atoms with van der Waals surface area (Å²) < 4.78 is 27.5. The predicted octanol–water partition coefficient (Wildman–Crippen LogP) is 1.34. The Morgan fingerprint density at radius 3 is 2.18 bits per heavy atom. The zero-order valence-corrected chi connectivity index (χ0v) is 19.8. The van der Waals surface area contributed by atoms with Crippen molar-refractivity contribution in [3.8, 4) is 0 Å². The number of likely N-dealkylation sites (tertiary alicyclic amines) is 1. The van der Waals surface area contributed by atoms with Gasteiger partial charge in [-0.2, -0.15) is 4.31 Å². The van der Waals surface area contributed by atoms with Crippen LogP contribution in [0.1, 0.15) is 45.4 Å². The lowest BCUT2D eigenvalue weighted by molar-refractivity contribution is -0.136. The Morgan fingerprint density at radius 1 is 0.970 bits per heavy atom. The van der Waals surface area contributed by atoms with Crippen LogP contribution in [0.25, 0.3) is 0 Å². The number of anilines is 1. The number of carbonyl (C=O) groups excluding carboxylic acids is 3. The van der Waals surface area contributed by atoms with Crippen LogP contribution in [0.4, 0.5) is 5.69 Å². The molecule has 4 rings (SSSR count). The first kappa shape index (κ1) is 23.7. The molecule has 3 fully saturated rings. The molecule has 0 radical (unpaired) electrons. The molecule has 3 aliphatic rings. The fraction of sp³-hybridized carbons (Fsp3) is 0.609. The van der Waals surface area contributed by atoms with E-state index in [0.717, 1.165) is 32.4 Å². The van der Waals surface area contributed by atoms with Gasteiger partial charge in [-0.3, -0.25) is 14.4 Å². The highest BCUT2D eigenvalue weighted by atomic mass is 32.2. The largest absolute Gasteiger partial charge is 0.344 e. The van der Waals surface area contributed by atoms with E-state index in [2.05, 4.69) is 5.32 Å². The molecule has 9 nitrogen and oxygen atoms in total. The molecule has 0 unspecified atom stereocenters. The van der Waals surface area contributed by atoms with Gasteiger partial charge < -0.3 is 15.1 Å². The van der Waals surface area contributed by atoms with Gasteiger partial charge in [-0.25, -0.2) is 8.42 Å². The van der Waals surface area contributed by atoms with Crippen LogP contribution in [0.15, 0.2) is 29.2 Å². The van der Waals surface area contributed by atoms with Gasteiger partial charge in [-0.05, 0) is 63.3 Å². The van der Waals surface area contributed by atoms with Crippen molar-refractivity contribution in [2.45, 2.75) is 56.4 Å². The fourth-order valence-electron chi connectivity index (χ4n) is 4.83. The Morgan fingerprint density at radius 2 is 1.61 bits per heavy atom. The normalized spacial score (nSPS) is 21.4. The number of piperidine rings is 1. The van der Waals surface area contributed by atoms with E-state index in [1.165, 1.54) is 4.31 Å². The molecule has 3 saturated heterocycles. The maximum absolute atomic E-state index is 13.1. The molecule has 0 aliphatic carbocycles. The standard InChI is InChI=1S/C23H32N4O5S/c1-17(23(30)25-12-2-3-13-25)24-22(29)18-10-15-26(16-11-18)33(31,32)20-8-6-19(7-9-20)27-14-4-5-21(27)28/h6-9,17-18H,2-5,10-16H2,1H3,(H,24,29)/t17-/m0/s1. The Bertz CT molecular complexity index is 996. The van der Waals surface area contributed by atoms with Gasteiger partial charge in [0.1, 0.15) is 6.04 Å². The van der Waals surface area contributed by atoms with Crippen LogP contribution >= 0.6 is 0 Å². The molecule has 0 bridgehead atoms. The molecule has 0 spiro atoms. The molecule has 3 heterocycles. The van der Waals surface area contributed by atoms with Crippen LogP contribution in [0.2, 0.25) is 0 Å². The third kappa shape index (κ3) is 5.06. The van der Waals surface area contributed by atoms with Crippen molar-refractivity contribution in [2.24, 2.45) is 5.92 Å². The second kappa shape index (κ2) is 9.80. The lowest BCUT2D eigenvalue weighted by atomic mass is 9.97. The Balaban J connectivity index is 1.31. The first-order valence-corrected chi connectivity index (χ1v) is 13.2. The summed E-state index contributed by atoms with van der Waals surface area (Å²) in [6.45, 7) is 4.35. The van der Waals surface area contributed by atoms with Crippen molar-refractivity contribution in [3.63, 3.8) is 0 Å². The number of nitrogens with one attached hydrogen (secondary N) is 1. The van der Waals surface area contributed by atoms with Crippen LogP contribution in [0.3, 0.4) is 0 Å². The lowest BCUT2D eigenvalue weighted by Crippen LogP contribution is -2.49. The summed E-state index contributed by atoms with van der Waals surface area (Å²) >= 11 is 0. The van der Waals surface area contributed by atoms with Crippen molar-refractivity contribution in [1.29, 1.82) is 0 Å². The summed E-state index contributed by atoms with van der Waals surface area (Å²) in [5.74, 6) is -0.497. The van der Waals surface area contributed by atoms with Crippen LogP contribution in [-0.2, 0) is 24.4 Å². The number of amides is 3. The highest BCUT2D eigenvalue weighted by Crippen LogP contribution is 2.27. The SMILES string of the molecule is C[C@H](NC(=O)C1CCN(S(=O)(=O)c2ccc(N3CCCC3=O)cc2)CC1)C(=O)N1CCCC1. The average molecular weight is 477 g/mol. The highest BCUT2D eigenvalue weighted by molar-refractivity contribution is 7.89. The second-order valence-corrected chi connectivity index (χ2v) is 11.0. The fourth-order valence-corrected chi connectivity index (χ4v) is 6.30. The van der Waals surface area contributed by atoms with E-state index >= 15 is 0 Å². The van der Waals surface area contributed by atoms with E-state index in [0.29, 0.717) is 31.5 Å². The quantitative estimate of drug-likeness (QED) is 0.667. The molecule has 1 N–H and O–H groups in total. The van der Waals surface area contributed by atoms with Gasteiger partial charge in [0.05, 0.1) is 4.90 Å². The Kier molecular flexibility index (Phi) is 7.04. The van der Waals surface area contributed by atoms with Gasteiger partial charge in [-0.15, -0.1) is 0 Å². The minimum atomic E-state index is -3.68. The van der Waals surface area contributed by atoms with Gasteiger partial charge in [0, 0.05) is 50.7 Å². The van der Waals surface area contributed by atoms with Crippen molar-refractivity contribution in [3.05, 3.63) is 24.3 Å².